The van der Waals surface area contributed by atoms with Crippen LogP contribution in [-0.2, 0) is 16.6 Å². The summed E-state index contributed by atoms with van der Waals surface area (Å²) in [7, 11) is -3.42. The average molecular weight is 246 g/mol. The summed E-state index contributed by atoms with van der Waals surface area (Å²) in [5, 5.41) is 7.76. The number of nitrogens with one attached hydrogen (secondary N) is 1. The molecule has 4 nitrogen and oxygen atoms in total. The number of sulfonamides is 1. The summed E-state index contributed by atoms with van der Waals surface area (Å²) < 4.78 is 34.2. The summed E-state index contributed by atoms with van der Waals surface area (Å²) >= 11 is 0. The molecule has 3 N–H and O–H groups in total. The van der Waals surface area contributed by atoms with Gasteiger partial charge in [0.25, 0.3) is 0 Å². The van der Waals surface area contributed by atoms with Gasteiger partial charge < -0.3 is 5.32 Å². The van der Waals surface area contributed by atoms with Crippen molar-refractivity contribution in [3.8, 4) is 0 Å². The Morgan fingerprint density at radius 1 is 1.44 bits per heavy atom. The maximum atomic E-state index is 12.9. The molecule has 0 heterocycles. The van der Waals surface area contributed by atoms with E-state index in [1.807, 2.05) is 0 Å². The van der Waals surface area contributed by atoms with Crippen molar-refractivity contribution in [2.45, 2.75) is 13.5 Å². The number of primary sulfonamides is 1. The fourth-order valence-electron chi connectivity index (χ4n) is 1.26. The minimum atomic E-state index is -3.42. The molecule has 0 aromatic heterocycles. The van der Waals surface area contributed by atoms with Gasteiger partial charge in [0, 0.05) is 13.1 Å². The molecule has 90 valence electrons. The quantitative estimate of drug-likeness (QED) is 0.744. The summed E-state index contributed by atoms with van der Waals surface area (Å²) in [6.45, 7) is 2.47. The highest BCUT2D eigenvalue weighted by molar-refractivity contribution is 7.89. The van der Waals surface area contributed by atoms with Crippen LogP contribution in [0.5, 0.6) is 0 Å². The SMILES string of the molecule is Cc1cc(CNCCS(N)(=O)=O)ccc1F. The molecule has 0 fully saturated rings. The number of hydrogen-bond acceptors (Lipinski definition) is 3. The lowest BCUT2D eigenvalue weighted by Crippen LogP contribution is -2.26. The molecule has 0 spiro atoms. The normalized spacial score (nSPS) is 11.7. The molecule has 0 amide bonds. The van der Waals surface area contributed by atoms with Gasteiger partial charge in [-0.1, -0.05) is 12.1 Å². The van der Waals surface area contributed by atoms with Crippen LogP contribution in [0.15, 0.2) is 18.2 Å². The summed E-state index contributed by atoms with van der Waals surface area (Å²) in [4.78, 5) is 0. The van der Waals surface area contributed by atoms with Crippen molar-refractivity contribution in [3.63, 3.8) is 0 Å². The van der Waals surface area contributed by atoms with E-state index < -0.39 is 10.0 Å². The van der Waals surface area contributed by atoms with Gasteiger partial charge in [-0.3, -0.25) is 0 Å². The second kappa shape index (κ2) is 5.38. The zero-order valence-corrected chi connectivity index (χ0v) is 9.85. The first kappa shape index (κ1) is 13.1. The van der Waals surface area contributed by atoms with Crippen LogP contribution in [0.2, 0.25) is 0 Å². The van der Waals surface area contributed by atoms with Crippen molar-refractivity contribution in [1.29, 1.82) is 0 Å². The lowest BCUT2D eigenvalue weighted by molar-refractivity contribution is 0.592. The van der Waals surface area contributed by atoms with E-state index in [1.54, 1.807) is 19.1 Å². The van der Waals surface area contributed by atoms with Gasteiger partial charge in [-0.25, -0.2) is 17.9 Å². The highest BCUT2D eigenvalue weighted by Gasteiger charge is 2.02. The van der Waals surface area contributed by atoms with Gasteiger partial charge in [-0.2, -0.15) is 0 Å². The number of aryl methyl sites for hydroxylation is 1. The molecule has 0 atom stereocenters. The lowest BCUT2D eigenvalue weighted by atomic mass is 10.1. The average Bonchev–Trinajstić information content (AvgIpc) is 2.17. The highest BCUT2D eigenvalue weighted by Crippen LogP contribution is 2.08. The Labute approximate surface area is 94.7 Å². The van der Waals surface area contributed by atoms with E-state index in [0.29, 0.717) is 12.1 Å². The summed E-state index contributed by atoms with van der Waals surface area (Å²) in [5.74, 6) is -0.346. The third-order valence-corrected chi connectivity index (χ3v) is 2.89. The van der Waals surface area contributed by atoms with E-state index in [0.717, 1.165) is 5.56 Å². The van der Waals surface area contributed by atoms with Crippen molar-refractivity contribution in [2.75, 3.05) is 12.3 Å². The Kier molecular flexibility index (Phi) is 4.40. The topological polar surface area (TPSA) is 72.2 Å². The molecule has 0 aliphatic rings. The number of nitrogens with two attached hydrogens (primary N) is 1. The molecule has 6 heteroatoms. The smallest absolute Gasteiger partial charge is 0.210 e. The predicted octanol–water partition coefficient (Wildman–Crippen LogP) is 0.512. The number of hydrogen-bond donors (Lipinski definition) is 2. The number of rotatable bonds is 5. The van der Waals surface area contributed by atoms with Crippen LogP contribution in [0.1, 0.15) is 11.1 Å². The Morgan fingerprint density at radius 2 is 2.12 bits per heavy atom. The second-order valence-electron chi connectivity index (χ2n) is 3.63. The van der Waals surface area contributed by atoms with E-state index in [4.69, 9.17) is 5.14 Å². The van der Waals surface area contributed by atoms with Gasteiger partial charge in [-0.15, -0.1) is 0 Å². The van der Waals surface area contributed by atoms with Crippen molar-refractivity contribution >= 4 is 10.0 Å². The third kappa shape index (κ3) is 4.69. The zero-order valence-electron chi connectivity index (χ0n) is 9.03. The maximum Gasteiger partial charge on any atom is 0.210 e. The molecule has 0 aliphatic carbocycles. The molecule has 16 heavy (non-hydrogen) atoms. The van der Waals surface area contributed by atoms with Gasteiger partial charge in [0.15, 0.2) is 0 Å². The van der Waals surface area contributed by atoms with E-state index >= 15 is 0 Å². The minimum Gasteiger partial charge on any atom is -0.312 e. The fourth-order valence-corrected chi connectivity index (χ4v) is 1.69. The summed E-state index contributed by atoms with van der Waals surface area (Å²) in [5.41, 5.74) is 1.49. The van der Waals surface area contributed by atoms with Crippen LogP contribution in [0.25, 0.3) is 0 Å². The van der Waals surface area contributed by atoms with Gasteiger partial charge in [0.05, 0.1) is 5.75 Å². The Balaban J connectivity index is 2.41. The fraction of sp³-hybridized carbons (Fsp3) is 0.400. The lowest BCUT2D eigenvalue weighted by Gasteiger charge is -2.05. The van der Waals surface area contributed by atoms with Gasteiger partial charge >= 0.3 is 0 Å². The number of halogens is 1. The molecule has 0 aliphatic heterocycles. The van der Waals surface area contributed by atoms with Crippen molar-refractivity contribution in [2.24, 2.45) is 5.14 Å². The van der Waals surface area contributed by atoms with E-state index in [1.165, 1.54) is 6.07 Å². The van der Waals surface area contributed by atoms with Crippen LogP contribution >= 0.6 is 0 Å². The molecule has 0 saturated heterocycles. The van der Waals surface area contributed by atoms with Gasteiger partial charge in [0.1, 0.15) is 5.82 Å². The Morgan fingerprint density at radius 3 is 2.69 bits per heavy atom. The van der Waals surface area contributed by atoms with Crippen LogP contribution in [0.4, 0.5) is 4.39 Å². The summed E-state index contributed by atoms with van der Waals surface area (Å²) in [6.07, 6.45) is 0. The Bertz CT molecular complexity index is 460. The van der Waals surface area contributed by atoms with Crippen LogP contribution < -0.4 is 10.5 Å². The van der Waals surface area contributed by atoms with Crippen LogP contribution in [0, 0.1) is 12.7 Å². The zero-order chi connectivity index (χ0) is 12.2. The summed E-state index contributed by atoms with van der Waals surface area (Å²) in [6, 6.07) is 4.78. The van der Waals surface area contributed by atoms with Crippen molar-refractivity contribution < 1.29 is 12.8 Å². The molecule has 0 saturated carbocycles. The first-order valence-electron chi connectivity index (χ1n) is 4.85. The third-order valence-electron chi connectivity index (χ3n) is 2.11. The second-order valence-corrected chi connectivity index (χ2v) is 5.36. The highest BCUT2D eigenvalue weighted by atomic mass is 32.2. The maximum absolute atomic E-state index is 12.9. The Hall–Kier alpha value is -0.980. The van der Waals surface area contributed by atoms with Crippen molar-refractivity contribution in [3.05, 3.63) is 35.1 Å². The minimum absolute atomic E-state index is 0.104. The molecule has 0 unspecified atom stereocenters. The van der Waals surface area contributed by atoms with Crippen molar-refractivity contribution in [1.82, 2.24) is 5.32 Å². The first-order valence-corrected chi connectivity index (χ1v) is 6.56. The van der Waals surface area contributed by atoms with E-state index in [2.05, 4.69) is 5.32 Å². The largest absolute Gasteiger partial charge is 0.312 e. The molecular formula is C10H15FN2O2S. The van der Waals surface area contributed by atoms with Gasteiger partial charge in [0.2, 0.25) is 10.0 Å². The standard InChI is InChI=1S/C10H15FN2O2S/c1-8-6-9(2-3-10(8)11)7-13-4-5-16(12,14)15/h2-3,6,13H,4-5,7H2,1H3,(H2,12,14,15). The molecule has 1 rings (SSSR count). The van der Waals surface area contributed by atoms with Gasteiger partial charge in [-0.05, 0) is 24.1 Å². The predicted molar refractivity (Wildman–Crippen MR) is 60.8 cm³/mol. The molecular weight excluding hydrogens is 231 g/mol. The molecule has 1 aromatic carbocycles. The molecule has 0 bridgehead atoms. The molecule has 1 aromatic rings. The molecule has 0 radical (unpaired) electrons. The van der Waals surface area contributed by atoms with Crippen LogP contribution in [-0.4, -0.2) is 20.7 Å². The number of benzene rings is 1. The van der Waals surface area contributed by atoms with E-state index in [-0.39, 0.29) is 18.1 Å². The van der Waals surface area contributed by atoms with E-state index in [9.17, 15) is 12.8 Å². The monoisotopic (exact) mass is 246 g/mol. The van der Waals surface area contributed by atoms with Crippen LogP contribution in [0.3, 0.4) is 0 Å². The first-order chi connectivity index (χ1) is 7.38.